The number of carbonyl (C=O) groups is 1. The Morgan fingerprint density at radius 1 is 1.12 bits per heavy atom. The van der Waals surface area contributed by atoms with Gasteiger partial charge < -0.3 is 16.0 Å². The van der Waals surface area contributed by atoms with Gasteiger partial charge in [-0.15, -0.1) is 0 Å². The van der Waals surface area contributed by atoms with Crippen LogP contribution in [0.15, 0.2) is 42.5 Å². The Morgan fingerprint density at radius 2 is 1.79 bits per heavy atom. The van der Waals surface area contributed by atoms with Gasteiger partial charge in [-0.3, -0.25) is 4.79 Å². The number of hydrogen-bond acceptors (Lipinski definition) is 2. The number of thiocarbonyl (C=S) groups is 1. The molecule has 24 heavy (non-hydrogen) atoms. The normalized spacial score (nSPS) is 12.5. The predicted molar refractivity (Wildman–Crippen MR) is 106 cm³/mol. The number of rotatable bonds is 4. The van der Waals surface area contributed by atoms with E-state index >= 15 is 0 Å². The summed E-state index contributed by atoms with van der Waals surface area (Å²) in [6, 6.07) is 13.8. The Hall–Kier alpha value is -1.27. The highest BCUT2D eigenvalue weighted by Gasteiger charge is 2.34. The minimum absolute atomic E-state index is 0.234. The average Bonchev–Trinajstić information content (AvgIpc) is 2.53. The van der Waals surface area contributed by atoms with Crippen LogP contribution in [0.3, 0.4) is 0 Å². The lowest BCUT2D eigenvalue weighted by atomic mass is 10.1. The van der Waals surface area contributed by atoms with Crippen LogP contribution in [0.5, 0.6) is 0 Å². The van der Waals surface area contributed by atoms with E-state index in [2.05, 4.69) is 16.0 Å². The van der Waals surface area contributed by atoms with Crippen molar-refractivity contribution in [1.82, 2.24) is 10.6 Å². The van der Waals surface area contributed by atoms with Gasteiger partial charge in [-0.25, -0.2) is 0 Å². The van der Waals surface area contributed by atoms with Crippen molar-refractivity contribution in [3.05, 3.63) is 42.5 Å². The number of nitrogens with one attached hydrogen (secondary N) is 3. The van der Waals surface area contributed by atoms with Crippen molar-refractivity contribution in [3.8, 4) is 0 Å². The highest BCUT2D eigenvalue weighted by atomic mass is 35.6. The summed E-state index contributed by atoms with van der Waals surface area (Å²) >= 11 is 22.9. The number of halogens is 3. The monoisotopic (exact) mass is 403 g/mol. The SMILES string of the molecule is CCC(=O)N[C@H](NC(=S)Nc1ccc2ccccc2c1)C(Cl)(Cl)Cl. The van der Waals surface area contributed by atoms with Crippen molar-refractivity contribution in [2.75, 3.05) is 5.32 Å². The molecular formula is C16H16Cl3N3OS. The van der Waals surface area contributed by atoms with E-state index in [0.29, 0.717) is 0 Å². The number of anilines is 1. The van der Waals surface area contributed by atoms with Crippen molar-refractivity contribution in [2.24, 2.45) is 0 Å². The second kappa shape index (κ2) is 8.21. The van der Waals surface area contributed by atoms with Gasteiger partial charge in [-0.1, -0.05) is 72.1 Å². The number of fused-ring (bicyclic) bond motifs is 1. The van der Waals surface area contributed by atoms with Gasteiger partial charge in [0.25, 0.3) is 0 Å². The van der Waals surface area contributed by atoms with E-state index in [1.165, 1.54) is 0 Å². The Bertz CT molecular complexity index is 749. The molecule has 0 aliphatic heterocycles. The number of amides is 1. The molecule has 0 unspecified atom stereocenters. The summed E-state index contributed by atoms with van der Waals surface area (Å²) in [5, 5.41) is 10.8. The van der Waals surface area contributed by atoms with Gasteiger partial charge in [-0.05, 0) is 35.1 Å². The Balaban J connectivity index is 2.07. The van der Waals surface area contributed by atoms with Crippen molar-refractivity contribution in [3.63, 3.8) is 0 Å². The smallest absolute Gasteiger partial charge is 0.228 e. The minimum Gasteiger partial charge on any atom is -0.339 e. The number of benzene rings is 2. The summed E-state index contributed by atoms with van der Waals surface area (Å²) in [6.07, 6.45) is -0.681. The summed E-state index contributed by atoms with van der Waals surface area (Å²) in [7, 11) is 0. The third-order valence-corrected chi connectivity index (χ3v) is 4.11. The molecule has 0 aromatic heterocycles. The van der Waals surface area contributed by atoms with Crippen LogP contribution in [0.4, 0.5) is 5.69 Å². The third kappa shape index (κ3) is 5.38. The largest absolute Gasteiger partial charge is 0.339 e. The van der Waals surface area contributed by atoms with Crippen LogP contribution in [0.2, 0.25) is 0 Å². The standard InChI is InChI=1S/C16H16Cl3N3OS/c1-2-13(23)21-14(16(17,18)19)22-15(24)20-12-8-7-10-5-3-4-6-11(10)9-12/h3-9,14H,2H2,1H3,(H,21,23)(H2,20,22,24)/t14-/m1/s1. The van der Waals surface area contributed by atoms with Crippen molar-refractivity contribution in [1.29, 1.82) is 0 Å². The quantitative estimate of drug-likeness (QED) is 0.403. The zero-order valence-corrected chi connectivity index (χ0v) is 15.9. The fourth-order valence-corrected chi connectivity index (χ4v) is 2.59. The molecule has 1 atom stereocenters. The molecule has 0 bridgehead atoms. The third-order valence-electron chi connectivity index (χ3n) is 3.24. The first-order valence-corrected chi connectivity index (χ1v) is 8.76. The topological polar surface area (TPSA) is 53.2 Å². The molecule has 0 saturated heterocycles. The minimum atomic E-state index is -1.75. The molecule has 0 aliphatic rings. The average molecular weight is 405 g/mol. The van der Waals surface area contributed by atoms with E-state index in [4.69, 9.17) is 47.0 Å². The molecule has 4 nitrogen and oxygen atoms in total. The molecule has 0 radical (unpaired) electrons. The van der Waals surface area contributed by atoms with Crippen LogP contribution in [0, 0.1) is 0 Å². The van der Waals surface area contributed by atoms with E-state index in [1.54, 1.807) is 6.92 Å². The molecule has 0 saturated carbocycles. The first kappa shape index (κ1) is 19.1. The van der Waals surface area contributed by atoms with Crippen molar-refractivity contribution >= 4 is 74.5 Å². The fourth-order valence-electron chi connectivity index (χ4n) is 2.03. The first-order chi connectivity index (χ1) is 11.3. The maximum Gasteiger partial charge on any atom is 0.228 e. The van der Waals surface area contributed by atoms with Gasteiger partial charge in [0.1, 0.15) is 6.17 Å². The van der Waals surface area contributed by atoms with Gasteiger partial charge in [-0.2, -0.15) is 0 Å². The zero-order valence-electron chi connectivity index (χ0n) is 12.8. The highest BCUT2D eigenvalue weighted by molar-refractivity contribution is 7.80. The second-order valence-electron chi connectivity index (χ2n) is 5.06. The molecule has 2 aromatic rings. The Morgan fingerprint density at radius 3 is 2.42 bits per heavy atom. The molecule has 128 valence electrons. The highest BCUT2D eigenvalue weighted by Crippen LogP contribution is 2.29. The molecule has 0 heterocycles. The number of hydrogen-bond donors (Lipinski definition) is 3. The molecule has 0 spiro atoms. The summed E-state index contributed by atoms with van der Waals surface area (Å²) < 4.78 is -1.75. The lowest BCUT2D eigenvalue weighted by Crippen LogP contribution is -2.56. The van der Waals surface area contributed by atoms with E-state index in [-0.39, 0.29) is 17.4 Å². The summed E-state index contributed by atoms with van der Waals surface area (Å²) in [5.74, 6) is -0.257. The van der Waals surface area contributed by atoms with E-state index in [0.717, 1.165) is 16.5 Å². The fraction of sp³-hybridized carbons (Fsp3) is 0.250. The molecule has 0 aliphatic carbocycles. The maximum absolute atomic E-state index is 11.6. The summed E-state index contributed by atoms with van der Waals surface area (Å²) in [5.41, 5.74) is 0.788. The molecular weight excluding hydrogens is 389 g/mol. The van der Waals surface area contributed by atoms with Crippen LogP contribution in [-0.2, 0) is 4.79 Å². The van der Waals surface area contributed by atoms with Gasteiger partial charge in [0, 0.05) is 12.1 Å². The molecule has 0 fully saturated rings. The molecule has 3 N–H and O–H groups in total. The Kier molecular flexibility index (Phi) is 6.52. The second-order valence-corrected chi connectivity index (χ2v) is 7.83. The predicted octanol–water partition coefficient (Wildman–Crippen LogP) is 4.35. The van der Waals surface area contributed by atoms with Crippen LogP contribution in [0.25, 0.3) is 10.8 Å². The number of alkyl halides is 3. The van der Waals surface area contributed by atoms with Crippen LogP contribution in [0.1, 0.15) is 13.3 Å². The van der Waals surface area contributed by atoms with Gasteiger partial charge in [0.15, 0.2) is 5.11 Å². The molecule has 2 rings (SSSR count). The van der Waals surface area contributed by atoms with Crippen LogP contribution in [-0.4, -0.2) is 21.0 Å². The van der Waals surface area contributed by atoms with Gasteiger partial charge >= 0.3 is 0 Å². The van der Waals surface area contributed by atoms with E-state index < -0.39 is 9.96 Å². The summed E-state index contributed by atoms with van der Waals surface area (Å²) in [6.45, 7) is 1.70. The lowest BCUT2D eigenvalue weighted by Gasteiger charge is -2.27. The van der Waals surface area contributed by atoms with Crippen molar-refractivity contribution in [2.45, 2.75) is 23.3 Å². The van der Waals surface area contributed by atoms with Crippen molar-refractivity contribution < 1.29 is 4.79 Å². The van der Waals surface area contributed by atoms with E-state index in [9.17, 15) is 4.79 Å². The first-order valence-electron chi connectivity index (χ1n) is 7.22. The van der Waals surface area contributed by atoms with Crippen LogP contribution < -0.4 is 16.0 Å². The zero-order chi connectivity index (χ0) is 17.7. The molecule has 2 aromatic carbocycles. The van der Waals surface area contributed by atoms with E-state index in [1.807, 2.05) is 42.5 Å². The maximum atomic E-state index is 11.6. The lowest BCUT2D eigenvalue weighted by molar-refractivity contribution is -0.121. The molecule has 8 heteroatoms. The molecule has 1 amide bonds. The summed E-state index contributed by atoms with van der Waals surface area (Å²) in [4.78, 5) is 11.6. The van der Waals surface area contributed by atoms with Gasteiger partial charge in [0.2, 0.25) is 9.70 Å². The van der Waals surface area contributed by atoms with Gasteiger partial charge in [0.05, 0.1) is 0 Å². The number of carbonyl (C=O) groups excluding carboxylic acids is 1. The van der Waals surface area contributed by atoms with Crippen LogP contribution >= 0.6 is 47.0 Å². The Labute approximate surface area is 160 Å².